The fraction of sp³-hybridized carbons (Fsp3) is 0. The molecule has 0 aliphatic carbocycles. The third kappa shape index (κ3) is 4.46. The molecule has 0 nitrogen and oxygen atoms in total. The van der Waals surface area contributed by atoms with Gasteiger partial charge in [0.2, 0.25) is 0 Å². The molecular formula is C50H32. The molecule has 0 spiro atoms. The largest absolute Gasteiger partial charge is 0.0622 e. The molecule has 232 valence electrons. The number of hydrogen-bond acceptors (Lipinski definition) is 0. The summed E-state index contributed by atoms with van der Waals surface area (Å²) in [5.74, 6) is 0. The molecule has 0 aliphatic heterocycles. The Balaban J connectivity index is 1.38. The van der Waals surface area contributed by atoms with Crippen LogP contribution in [0.5, 0.6) is 0 Å². The molecule has 0 fully saturated rings. The van der Waals surface area contributed by atoms with Crippen LogP contribution in [0.15, 0.2) is 194 Å². The average Bonchev–Trinajstić information content (AvgIpc) is 3.19. The summed E-state index contributed by atoms with van der Waals surface area (Å²) in [4.78, 5) is 0. The van der Waals surface area contributed by atoms with E-state index < -0.39 is 0 Å². The Morgan fingerprint density at radius 2 is 0.720 bits per heavy atom. The molecule has 0 heterocycles. The van der Waals surface area contributed by atoms with Gasteiger partial charge in [-0.15, -0.1) is 0 Å². The molecular weight excluding hydrogens is 601 g/mol. The van der Waals surface area contributed by atoms with Crippen molar-refractivity contribution in [3.63, 3.8) is 0 Å². The van der Waals surface area contributed by atoms with Crippen molar-refractivity contribution in [2.24, 2.45) is 0 Å². The lowest BCUT2D eigenvalue weighted by Crippen LogP contribution is -1.94. The van der Waals surface area contributed by atoms with Gasteiger partial charge in [0.05, 0.1) is 0 Å². The van der Waals surface area contributed by atoms with E-state index in [1.165, 1.54) is 98.4 Å². The minimum atomic E-state index is 1.22. The van der Waals surface area contributed by atoms with Crippen LogP contribution < -0.4 is 0 Å². The lowest BCUT2D eigenvalue weighted by atomic mass is 9.81. The maximum atomic E-state index is 2.43. The monoisotopic (exact) mass is 632 g/mol. The van der Waals surface area contributed by atoms with Gasteiger partial charge >= 0.3 is 0 Å². The maximum Gasteiger partial charge on any atom is -0.00197 e. The van der Waals surface area contributed by atoms with E-state index in [4.69, 9.17) is 0 Å². The third-order valence-electron chi connectivity index (χ3n) is 10.4. The van der Waals surface area contributed by atoms with E-state index in [0.717, 1.165) is 0 Å². The van der Waals surface area contributed by atoms with Crippen LogP contribution in [0.3, 0.4) is 0 Å². The lowest BCUT2D eigenvalue weighted by molar-refractivity contribution is 1.62. The summed E-state index contributed by atoms with van der Waals surface area (Å²) < 4.78 is 0. The molecule has 0 N–H and O–H groups in total. The highest BCUT2D eigenvalue weighted by molar-refractivity contribution is 6.27. The van der Waals surface area contributed by atoms with Gasteiger partial charge in [-0.05, 0) is 111 Å². The standard InChI is InChI=1S/C50H32/c1-2-15-33(16-3-1)35-29-30-46-48(31-35)50(47-32-36-18-5-7-21-38(36)39-22-8-9-24-42(39)47)45-27-13-12-26-44(45)49(46)43-25-11-10-23-41(43)40-28-14-19-34-17-4-6-20-37(34)40/h1-32H. The smallest absolute Gasteiger partial charge is 0.00197 e. The number of rotatable bonds is 4. The summed E-state index contributed by atoms with van der Waals surface area (Å²) in [6.07, 6.45) is 0. The molecule has 10 rings (SSSR count). The first-order chi connectivity index (χ1) is 24.8. The normalized spacial score (nSPS) is 11.6. The van der Waals surface area contributed by atoms with E-state index in [1.54, 1.807) is 0 Å². The van der Waals surface area contributed by atoms with Crippen molar-refractivity contribution in [1.29, 1.82) is 0 Å². The number of benzene rings is 10. The Kier molecular flexibility index (Phi) is 6.60. The zero-order chi connectivity index (χ0) is 33.0. The van der Waals surface area contributed by atoms with Gasteiger partial charge in [0.25, 0.3) is 0 Å². The second kappa shape index (κ2) is 11.6. The lowest BCUT2D eigenvalue weighted by Gasteiger charge is -2.22. The van der Waals surface area contributed by atoms with Crippen molar-refractivity contribution in [2.45, 2.75) is 0 Å². The highest BCUT2D eigenvalue weighted by atomic mass is 14.2. The van der Waals surface area contributed by atoms with Crippen LogP contribution in [0.2, 0.25) is 0 Å². The van der Waals surface area contributed by atoms with Gasteiger partial charge in [0, 0.05) is 0 Å². The molecule has 10 aromatic rings. The van der Waals surface area contributed by atoms with Crippen LogP contribution in [0.1, 0.15) is 0 Å². The number of hydrogen-bond donors (Lipinski definition) is 0. The minimum Gasteiger partial charge on any atom is -0.0622 e. The molecule has 0 amide bonds. The summed E-state index contributed by atoms with van der Waals surface area (Å²) in [5, 5.41) is 12.6. The van der Waals surface area contributed by atoms with Gasteiger partial charge in [-0.25, -0.2) is 0 Å². The van der Waals surface area contributed by atoms with Gasteiger partial charge in [-0.3, -0.25) is 0 Å². The van der Waals surface area contributed by atoms with E-state index >= 15 is 0 Å². The highest BCUT2D eigenvalue weighted by Gasteiger charge is 2.21. The van der Waals surface area contributed by atoms with E-state index in [0.29, 0.717) is 0 Å². The van der Waals surface area contributed by atoms with E-state index in [9.17, 15) is 0 Å². The van der Waals surface area contributed by atoms with Crippen LogP contribution in [-0.4, -0.2) is 0 Å². The molecule has 0 heteroatoms. The quantitative estimate of drug-likeness (QED) is 0.134. The van der Waals surface area contributed by atoms with Crippen LogP contribution in [0.4, 0.5) is 0 Å². The molecule has 50 heavy (non-hydrogen) atoms. The zero-order valence-corrected chi connectivity index (χ0v) is 27.5. The molecule has 0 unspecified atom stereocenters. The molecule has 0 bridgehead atoms. The predicted octanol–water partition coefficient (Wildman–Crippen LogP) is 14.1. The fourth-order valence-corrected chi connectivity index (χ4v) is 8.23. The molecule has 0 atom stereocenters. The van der Waals surface area contributed by atoms with Crippen LogP contribution in [0.25, 0.3) is 98.4 Å². The van der Waals surface area contributed by atoms with Gasteiger partial charge < -0.3 is 0 Å². The second-order valence-corrected chi connectivity index (χ2v) is 13.2. The first-order valence-electron chi connectivity index (χ1n) is 17.4. The Hall–Kier alpha value is -6.50. The third-order valence-corrected chi connectivity index (χ3v) is 10.4. The van der Waals surface area contributed by atoms with E-state index in [2.05, 4.69) is 194 Å². The Morgan fingerprint density at radius 3 is 1.50 bits per heavy atom. The summed E-state index contributed by atoms with van der Waals surface area (Å²) in [7, 11) is 0. The summed E-state index contributed by atoms with van der Waals surface area (Å²) in [5.41, 5.74) is 9.98. The van der Waals surface area contributed by atoms with Gasteiger partial charge in [-0.1, -0.05) is 182 Å². The summed E-state index contributed by atoms with van der Waals surface area (Å²) in [6, 6.07) is 71.4. The number of fused-ring (bicyclic) bond motifs is 6. The van der Waals surface area contributed by atoms with Crippen LogP contribution in [-0.2, 0) is 0 Å². The summed E-state index contributed by atoms with van der Waals surface area (Å²) >= 11 is 0. The molecule has 0 saturated carbocycles. The van der Waals surface area contributed by atoms with Crippen molar-refractivity contribution in [1.82, 2.24) is 0 Å². The Morgan fingerprint density at radius 1 is 0.200 bits per heavy atom. The SMILES string of the molecule is c1ccc(-c2ccc3c(-c4ccccc4-c4cccc5ccccc45)c4ccccc4c(-c4cc5ccccc5c5ccccc45)c3c2)cc1. The van der Waals surface area contributed by atoms with Crippen molar-refractivity contribution < 1.29 is 0 Å². The van der Waals surface area contributed by atoms with Gasteiger partial charge in [-0.2, -0.15) is 0 Å². The van der Waals surface area contributed by atoms with E-state index in [1.807, 2.05) is 0 Å². The highest BCUT2D eigenvalue weighted by Crippen LogP contribution is 2.49. The molecule has 0 aliphatic rings. The van der Waals surface area contributed by atoms with E-state index in [-0.39, 0.29) is 0 Å². The molecule has 10 aromatic carbocycles. The second-order valence-electron chi connectivity index (χ2n) is 13.2. The fourth-order valence-electron chi connectivity index (χ4n) is 8.23. The first-order valence-corrected chi connectivity index (χ1v) is 17.4. The summed E-state index contributed by atoms with van der Waals surface area (Å²) in [6.45, 7) is 0. The molecule has 0 aromatic heterocycles. The maximum absolute atomic E-state index is 2.43. The van der Waals surface area contributed by atoms with Gasteiger partial charge in [0.1, 0.15) is 0 Å². The Bertz CT molecular complexity index is 2910. The van der Waals surface area contributed by atoms with Crippen molar-refractivity contribution in [3.05, 3.63) is 194 Å². The van der Waals surface area contributed by atoms with Crippen molar-refractivity contribution in [2.75, 3.05) is 0 Å². The van der Waals surface area contributed by atoms with Crippen LogP contribution in [0, 0.1) is 0 Å². The minimum absolute atomic E-state index is 1.22. The van der Waals surface area contributed by atoms with Crippen LogP contribution >= 0.6 is 0 Å². The average molecular weight is 633 g/mol. The predicted molar refractivity (Wildman–Crippen MR) is 216 cm³/mol. The topological polar surface area (TPSA) is 0 Å². The Labute approximate surface area is 291 Å². The first kappa shape index (κ1) is 28.5. The molecule has 0 radical (unpaired) electrons. The van der Waals surface area contributed by atoms with Crippen molar-refractivity contribution >= 4 is 53.9 Å². The van der Waals surface area contributed by atoms with Crippen molar-refractivity contribution in [3.8, 4) is 44.5 Å². The van der Waals surface area contributed by atoms with Gasteiger partial charge in [0.15, 0.2) is 0 Å². The molecule has 0 saturated heterocycles. The zero-order valence-electron chi connectivity index (χ0n) is 27.5.